The van der Waals surface area contributed by atoms with Gasteiger partial charge in [0, 0.05) is 7.05 Å². The van der Waals surface area contributed by atoms with Crippen LogP contribution in [0.15, 0.2) is 12.7 Å². The summed E-state index contributed by atoms with van der Waals surface area (Å²) < 4.78 is 3.53. The Kier molecular flexibility index (Phi) is 2.72. The molecule has 80 valence electrons. The van der Waals surface area contributed by atoms with E-state index in [4.69, 9.17) is 0 Å². The fourth-order valence-corrected chi connectivity index (χ4v) is 1.31. The molecule has 0 aliphatic heterocycles. The molecule has 2 aromatic rings. The van der Waals surface area contributed by atoms with Gasteiger partial charge in [0.1, 0.15) is 30.8 Å². The first-order valence-electron chi connectivity index (χ1n) is 4.65. The Labute approximate surface area is 87.2 Å². The molecule has 0 saturated heterocycles. The Morgan fingerprint density at radius 3 is 2.60 bits per heavy atom. The summed E-state index contributed by atoms with van der Waals surface area (Å²) in [5.41, 5.74) is 0. The van der Waals surface area contributed by atoms with Gasteiger partial charge in [-0.05, 0) is 7.05 Å². The van der Waals surface area contributed by atoms with E-state index in [1.54, 1.807) is 15.7 Å². The molecular weight excluding hydrogens is 194 g/mol. The fourth-order valence-electron chi connectivity index (χ4n) is 1.31. The van der Waals surface area contributed by atoms with Gasteiger partial charge < -0.3 is 5.32 Å². The van der Waals surface area contributed by atoms with Crippen molar-refractivity contribution in [2.45, 2.75) is 13.1 Å². The predicted molar refractivity (Wildman–Crippen MR) is 52.9 cm³/mol. The normalized spacial score (nSPS) is 10.8. The summed E-state index contributed by atoms with van der Waals surface area (Å²) in [6, 6.07) is 0. The number of nitrogens with one attached hydrogen (secondary N) is 1. The molecule has 0 bridgehead atoms. The Bertz CT molecular complexity index is 430. The van der Waals surface area contributed by atoms with E-state index in [9.17, 15) is 0 Å². The highest BCUT2D eigenvalue weighted by molar-refractivity contribution is 4.90. The van der Waals surface area contributed by atoms with Crippen molar-refractivity contribution in [1.82, 2.24) is 34.8 Å². The second kappa shape index (κ2) is 4.18. The Morgan fingerprint density at radius 1 is 1.20 bits per heavy atom. The van der Waals surface area contributed by atoms with Crippen molar-refractivity contribution in [2.24, 2.45) is 7.05 Å². The lowest BCUT2D eigenvalue weighted by Gasteiger charge is -2.04. The van der Waals surface area contributed by atoms with Gasteiger partial charge in [-0.3, -0.25) is 4.68 Å². The molecule has 1 N–H and O–H groups in total. The molecule has 0 fully saturated rings. The third-order valence-corrected chi connectivity index (χ3v) is 2.13. The van der Waals surface area contributed by atoms with Gasteiger partial charge in [0.25, 0.3) is 0 Å². The number of aryl methyl sites for hydroxylation is 1. The average molecular weight is 207 g/mol. The van der Waals surface area contributed by atoms with Gasteiger partial charge >= 0.3 is 0 Å². The number of hydrogen-bond donors (Lipinski definition) is 1. The van der Waals surface area contributed by atoms with Crippen LogP contribution in [0.4, 0.5) is 0 Å². The van der Waals surface area contributed by atoms with Crippen molar-refractivity contribution in [1.29, 1.82) is 0 Å². The second-order valence-corrected chi connectivity index (χ2v) is 3.16. The Morgan fingerprint density at radius 2 is 1.93 bits per heavy atom. The number of aromatic nitrogens is 6. The maximum absolute atomic E-state index is 4.15. The van der Waals surface area contributed by atoms with E-state index in [1.165, 1.54) is 6.33 Å². The van der Waals surface area contributed by atoms with Gasteiger partial charge in [-0.25, -0.2) is 14.6 Å². The van der Waals surface area contributed by atoms with Crippen molar-refractivity contribution in [3.63, 3.8) is 0 Å². The molecule has 0 spiro atoms. The van der Waals surface area contributed by atoms with Crippen molar-refractivity contribution >= 4 is 0 Å². The highest BCUT2D eigenvalue weighted by Gasteiger charge is 2.06. The Hall–Kier alpha value is -1.76. The largest absolute Gasteiger partial charge is 0.313 e. The summed E-state index contributed by atoms with van der Waals surface area (Å²) in [4.78, 5) is 8.28. The van der Waals surface area contributed by atoms with Crippen molar-refractivity contribution in [2.75, 3.05) is 7.05 Å². The fraction of sp³-hybridized carbons (Fsp3) is 0.500. The van der Waals surface area contributed by atoms with Gasteiger partial charge in [-0.1, -0.05) is 0 Å². The summed E-state index contributed by atoms with van der Waals surface area (Å²) >= 11 is 0. The number of rotatable bonds is 4. The van der Waals surface area contributed by atoms with Crippen LogP contribution >= 0.6 is 0 Å². The van der Waals surface area contributed by atoms with Crippen LogP contribution in [0, 0.1) is 0 Å². The van der Waals surface area contributed by atoms with E-state index in [1.807, 2.05) is 14.1 Å². The topological polar surface area (TPSA) is 73.5 Å². The zero-order valence-corrected chi connectivity index (χ0v) is 8.75. The molecule has 0 radical (unpaired) electrons. The molecule has 2 heterocycles. The van der Waals surface area contributed by atoms with Gasteiger partial charge in [0.05, 0.1) is 6.54 Å². The van der Waals surface area contributed by atoms with Crippen molar-refractivity contribution in [3.05, 3.63) is 24.3 Å². The molecule has 0 aliphatic rings. The van der Waals surface area contributed by atoms with Crippen LogP contribution in [0.3, 0.4) is 0 Å². The lowest BCUT2D eigenvalue weighted by Crippen LogP contribution is -2.15. The number of hydrogen-bond acceptors (Lipinski definition) is 5. The molecule has 2 aromatic heterocycles. The van der Waals surface area contributed by atoms with E-state index >= 15 is 0 Å². The predicted octanol–water partition coefficient (Wildman–Crippen LogP) is -0.826. The summed E-state index contributed by atoms with van der Waals surface area (Å²) in [6.07, 6.45) is 3.08. The van der Waals surface area contributed by atoms with E-state index in [2.05, 4.69) is 25.5 Å². The maximum atomic E-state index is 4.15. The van der Waals surface area contributed by atoms with Gasteiger partial charge in [0.15, 0.2) is 0 Å². The molecule has 0 atom stereocenters. The van der Waals surface area contributed by atoms with E-state index < -0.39 is 0 Å². The van der Waals surface area contributed by atoms with Crippen LogP contribution in [0.1, 0.15) is 11.6 Å². The van der Waals surface area contributed by atoms with Crippen LogP contribution in [0.5, 0.6) is 0 Å². The molecule has 7 heteroatoms. The molecule has 0 amide bonds. The maximum Gasteiger partial charge on any atom is 0.148 e. The lowest BCUT2D eigenvalue weighted by molar-refractivity contribution is 0.569. The van der Waals surface area contributed by atoms with Crippen LogP contribution in [-0.2, 0) is 20.1 Å². The minimum Gasteiger partial charge on any atom is -0.313 e. The molecule has 0 aromatic carbocycles. The van der Waals surface area contributed by atoms with E-state index in [0.29, 0.717) is 13.1 Å². The Balaban J connectivity index is 2.17. The third-order valence-electron chi connectivity index (χ3n) is 2.13. The highest BCUT2D eigenvalue weighted by atomic mass is 15.4. The van der Waals surface area contributed by atoms with Crippen LogP contribution in [0.25, 0.3) is 0 Å². The molecule has 15 heavy (non-hydrogen) atoms. The molecular formula is C8H13N7. The van der Waals surface area contributed by atoms with Crippen LogP contribution in [0.2, 0.25) is 0 Å². The first-order chi connectivity index (χ1) is 7.31. The van der Waals surface area contributed by atoms with Crippen LogP contribution < -0.4 is 5.32 Å². The zero-order chi connectivity index (χ0) is 10.7. The standard InChI is InChI=1S/C8H13N7/c1-9-3-7-10-6-13-15(7)4-8-11-5-12-14(8)2/h5-6,9H,3-4H2,1-2H3. The van der Waals surface area contributed by atoms with Crippen molar-refractivity contribution in [3.8, 4) is 0 Å². The average Bonchev–Trinajstić information content (AvgIpc) is 2.80. The van der Waals surface area contributed by atoms with Gasteiger partial charge in [-0.2, -0.15) is 10.2 Å². The summed E-state index contributed by atoms with van der Waals surface area (Å²) in [5, 5.41) is 11.2. The smallest absolute Gasteiger partial charge is 0.148 e. The van der Waals surface area contributed by atoms with Gasteiger partial charge in [0.2, 0.25) is 0 Å². The number of nitrogens with zero attached hydrogens (tertiary/aromatic N) is 6. The highest BCUT2D eigenvalue weighted by Crippen LogP contribution is 1.99. The van der Waals surface area contributed by atoms with Crippen molar-refractivity contribution < 1.29 is 0 Å². The van der Waals surface area contributed by atoms with E-state index in [0.717, 1.165) is 11.6 Å². The minimum atomic E-state index is 0.591. The zero-order valence-electron chi connectivity index (χ0n) is 8.75. The second-order valence-electron chi connectivity index (χ2n) is 3.16. The van der Waals surface area contributed by atoms with Crippen LogP contribution in [-0.4, -0.2) is 36.6 Å². The lowest BCUT2D eigenvalue weighted by atomic mass is 10.5. The summed E-state index contributed by atoms with van der Waals surface area (Å²) in [6.45, 7) is 1.28. The third kappa shape index (κ3) is 2.01. The molecule has 0 aliphatic carbocycles. The summed E-state index contributed by atoms with van der Waals surface area (Å²) in [7, 11) is 3.73. The molecule has 7 nitrogen and oxygen atoms in total. The molecule has 0 saturated carbocycles. The first kappa shape index (κ1) is 9.78. The monoisotopic (exact) mass is 207 g/mol. The van der Waals surface area contributed by atoms with Gasteiger partial charge in [-0.15, -0.1) is 0 Å². The minimum absolute atomic E-state index is 0.591. The molecule has 2 rings (SSSR count). The molecule has 0 unspecified atom stereocenters. The summed E-state index contributed by atoms with van der Waals surface area (Å²) in [5.74, 6) is 1.75. The first-order valence-corrected chi connectivity index (χ1v) is 4.65. The SMILES string of the molecule is CNCc1ncnn1Cc1ncnn1C. The van der Waals surface area contributed by atoms with E-state index in [-0.39, 0.29) is 0 Å². The quantitative estimate of drug-likeness (QED) is 0.708.